The van der Waals surface area contributed by atoms with Gasteiger partial charge in [-0.1, -0.05) is 41.1 Å². The molecule has 0 bridgehead atoms. The highest BCUT2D eigenvalue weighted by atomic mass is 35.5. The smallest absolute Gasteiger partial charge is 0.264 e. The molecule has 0 spiro atoms. The molecule has 4 aromatic rings. The minimum Gasteiger partial charge on any atom is -0.379 e. The van der Waals surface area contributed by atoms with E-state index in [2.05, 4.69) is 4.90 Å². The fraction of sp³-hybridized carbons (Fsp3) is 0.355. The van der Waals surface area contributed by atoms with Gasteiger partial charge in [0, 0.05) is 43.3 Å². The molecule has 0 radical (unpaired) electrons. The Morgan fingerprint density at radius 2 is 1.83 bits per heavy atom. The Labute approximate surface area is 255 Å². The third-order valence-electron chi connectivity index (χ3n) is 7.83. The first-order valence-electron chi connectivity index (χ1n) is 14.2. The molecule has 8 nitrogen and oxygen atoms in total. The lowest BCUT2D eigenvalue weighted by Gasteiger charge is -2.30. The number of aryl methyl sites for hydroxylation is 2. The number of anilines is 2. The third-order valence-corrected chi connectivity index (χ3v) is 10.9. The summed E-state index contributed by atoms with van der Waals surface area (Å²) in [4.78, 5) is 23.0. The molecular formula is C31H33ClN4O4S2. The maximum Gasteiger partial charge on any atom is 0.264 e. The van der Waals surface area contributed by atoms with Crippen LogP contribution in [0.1, 0.15) is 34.3 Å². The minimum atomic E-state index is -3.77. The number of ether oxygens (including phenoxy) is 1. The number of amides is 1. The molecule has 0 aliphatic carbocycles. The number of morpholine rings is 1. The van der Waals surface area contributed by atoms with E-state index < -0.39 is 10.0 Å². The van der Waals surface area contributed by atoms with Gasteiger partial charge in [-0.25, -0.2) is 13.4 Å². The zero-order valence-corrected chi connectivity index (χ0v) is 25.8. The quantitative estimate of drug-likeness (QED) is 0.248. The summed E-state index contributed by atoms with van der Waals surface area (Å²) in [5.41, 5.74) is 3.94. The van der Waals surface area contributed by atoms with Crippen LogP contribution < -0.4 is 9.21 Å². The molecule has 42 heavy (non-hydrogen) atoms. The van der Waals surface area contributed by atoms with Crippen LogP contribution in [-0.4, -0.2) is 70.1 Å². The molecule has 0 N–H and O–H groups in total. The number of sulfonamides is 1. The van der Waals surface area contributed by atoms with Crippen LogP contribution in [0.5, 0.6) is 0 Å². The molecule has 1 saturated heterocycles. The summed E-state index contributed by atoms with van der Waals surface area (Å²) in [6.07, 6.45) is 2.38. The van der Waals surface area contributed by atoms with Gasteiger partial charge in [0.15, 0.2) is 5.13 Å². The number of hydrogen-bond acceptors (Lipinski definition) is 7. The third kappa shape index (κ3) is 5.91. The molecular weight excluding hydrogens is 592 g/mol. The second-order valence-electron chi connectivity index (χ2n) is 10.7. The first-order chi connectivity index (χ1) is 20.3. The van der Waals surface area contributed by atoms with E-state index in [9.17, 15) is 13.2 Å². The molecule has 0 unspecified atom stereocenters. The van der Waals surface area contributed by atoms with Crippen molar-refractivity contribution in [2.45, 2.75) is 31.1 Å². The predicted molar refractivity (Wildman–Crippen MR) is 169 cm³/mol. The van der Waals surface area contributed by atoms with E-state index in [0.29, 0.717) is 28.8 Å². The van der Waals surface area contributed by atoms with Gasteiger partial charge in [0.05, 0.1) is 34.0 Å². The van der Waals surface area contributed by atoms with Crippen molar-refractivity contribution in [3.63, 3.8) is 0 Å². The summed E-state index contributed by atoms with van der Waals surface area (Å²) in [5.74, 6) is -0.216. The maximum absolute atomic E-state index is 14.0. The van der Waals surface area contributed by atoms with Crippen LogP contribution in [0.25, 0.3) is 10.2 Å². The van der Waals surface area contributed by atoms with Crippen molar-refractivity contribution >= 4 is 59.9 Å². The lowest BCUT2D eigenvalue weighted by Crippen LogP contribution is -2.39. The lowest BCUT2D eigenvalue weighted by atomic mass is 10.0. The Morgan fingerprint density at radius 1 is 1.07 bits per heavy atom. The van der Waals surface area contributed by atoms with E-state index in [1.165, 1.54) is 27.8 Å². The lowest BCUT2D eigenvalue weighted by molar-refractivity contribution is 0.0376. The molecule has 6 rings (SSSR count). The summed E-state index contributed by atoms with van der Waals surface area (Å²) in [5, 5.41) is 1.23. The summed E-state index contributed by atoms with van der Waals surface area (Å²) in [6, 6.07) is 17.7. The van der Waals surface area contributed by atoms with Crippen molar-refractivity contribution in [3.05, 3.63) is 82.4 Å². The Kier molecular flexibility index (Phi) is 8.51. The molecule has 220 valence electrons. The Morgan fingerprint density at radius 3 is 2.62 bits per heavy atom. The second-order valence-corrected chi connectivity index (χ2v) is 14.0. The molecule has 1 amide bonds. The van der Waals surface area contributed by atoms with E-state index in [-0.39, 0.29) is 10.8 Å². The average molecular weight is 625 g/mol. The van der Waals surface area contributed by atoms with Gasteiger partial charge in [-0.3, -0.25) is 18.9 Å². The van der Waals surface area contributed by atoms with Crippen LogP contribution in [0.2, 0.25) is 5.02 Å². The van der Waals surface area contributed by atoms with Gasteiger partial charge in [-0.05, 0) is 79.8 Å². The van der Waals surface area contributed by atoms with Crippen LogP contribution in [0.4, 0.5) is 10.8 Å². The van der Waals surface area contributed by atoms with Gasteiger partial charge in [-0.15, -0.1) is 0 Å². The van der Waals surface area contributed by atoms with Crippen molar-refractivity contribution in [1.82, 2.24) is 9.88 Å². The molecule has 3 heterocycles. The Balaban J connectivity index is 1.26. The highest BCUT2D eigenvalue weighted by molar-refractivity contribution is 7.92. The molecule has 3 aromatic carbocycles. The van der Waals surface area contributed by atoms with Crippen LogP contribution in [0.15, 0.2) is 65.6 Å². The number of rotatable bonds is 8. The number of fused-ring (bicyclic) bond motifs is 2. The van der Waals surface area contributed by atoms with Gasteiger partial charge < -0.3 is 4.74 Å². The number of aromatic nitrogens is 1. The van der Waals surface area contributed by atoms with E-state index >= 15 is 0 Å². The van der Waals surface area contributed by atoms with Crippen molar-refractivity contribution < 1.29 is 17.9 Å². The number of halogens is 1. The number of hydrogen-bond donors (Lipinski definition) is 0. The summed E-state index contributed by atoms with van der Waals surface area (Å²) in [7, 11) is -3.77. The molecule has 0 saturated carbocycles. The largest absolute Gasteiger partial charge is 0.379 e. The Hall–Kier alpha value is -3.02. The van der Waals surface area contributed by atoms with E-state index in [1.54, 1.807) is 17.0 Å². The van der Waals surface area contributed by atoms with Crippen molar-refractivity contribution in [2.24, 2.45) is 0 Å². The van der Waals surface area contributed by atoms with Crippen molar-refractivity contribution in [1.29, 1.82) is 0 Å². The molecule has 1 aromatic heterocycles. The number of benzene rings is 3. The van der Waals surface area contributed by atoms with Crippen LogP contribution in [0, 0.1) is 6.92 Å². The van der Waals surface area contributed by atoms with E-state index in [1.807, 2.05) is 43.3 Å². The van der Waals surface area contributed by atoms with Crippen LogP contribution >= 0.6 is 22.9 Å². The van der Waals surface area contributed by atoms with Gasteiger partial charge in [-0.2, -0.15) is 0 Å². The minimum absolute atomic E-state index is 0.167. The van der Waals surface area contributed by atoms with Gasteiger partial charge in [0.25, 0.3) is 15.9 Å². The standard InChI is InChI=1S/C31H33ClN4O4S2/c1-22-20-25(32)21-28-29(22)33-31(41-28)35(14-5-13-34-16-18-40-19-17-34)30(37)24-9-11-26(12-10-24)42(38,39)36-15-4-7-23-6-2-3-8-27(23)36/h2-3,6,8-12,20-21H,4-5,7,13-19H2,1H3. The summed E-state index contributed by atoms with van der Waals surface area (Å²) < 4.78 is 35.1. The highest BCUT2D eigenvalue weighted by Gasteiger charge is 2.29. The van der Waals surface area contributed by atoms with Crippen molar-refractivity contribution in [3.8, 4) is 0 Å². The van der Waals surface area contributed by atoms with Gasteiger partial charge >= 0.3 is 0 Å². The summed E-state index contributed by atoms with van der Waals surface area (Å²) >= 11 is 7.74. The fourth-order valence-electron chi connectivity index (χ4n) is 5.62. The van der Waals surface area contributed by atoms with E-state index in [0.717, 1.165) is 79.1 Å². The SMILES string of the molecule is Cc1cc(Cl)cc2sc(N(CCCN3CCOCC3)C(=O)c3ccc(S(=O)(=O)N4CCCc5ccccc54)cc3)nc12. The summed E-state index contributed by atoms with van der Waals surface area (Å²) in [6.45, 7) is 6.91. The number of nitrogens with zero attached hydrogens (tertiary/aromatic N) is 4. The molecule has 1 fully saturated rings. The topological polar surface area (TPSA) is 83.0 Å². The zero-order valence-electron chi connectivity index (χ0n) is 23.5. The number of para-hydroxylation sites is 1. The van der Waals surface area contributed by atoms with Crippen molar-refractivity contribution in [2.75, 3.05) is 55.1 Å². The van der Waals surface area contributed by atoms with Gasteiger partial charge in [0.2, 0.25) is 0 Å². The normalized spacial score (nSPS) is 16.0. The van der Waals surface area contributed by atoms with Gasteiger partial charge in [0.1, 0.15) is 0 Å². The second kappa shape index (κ2) is 12.3. The highest BCUT2D eigenvalue weighted by Crippen LogP contribution is 2.35. The maximum atomic E-state index is 14.0. The van der Waals surface area contributed by atoms with E-state index in [4.69, 9.17) is 21.3 Å². The molecule has 11 heteroatoms. The fourth-order valence-corrected chi connectivity index (χ4v) is 8.61. The molecule has 2 aliphatic heterocycles. The molecule has 2 aliphatic rings. The molecule has 0 atom stereocenters. The monoisotopic (exact) mass is 624 g/mol. The van der Waals surface area contributed by atoms with Crippen LogP contribution in [-0.2, 0) is 21.2 Å². The van der Waals surface area contributed by atoms with Crippen LogP contribution in [0.3, 0.4) is 0 Å². The number of carbonyl (C=O) groups excluding carboxylic acids is 1. The Bertz CT molecular complexity index is 1700. The zero-order chi connectivity index (χ0) is 29.3. The first kappa shape index (κ1) is 29.1. The predicted octanol–water partition coefficient (Wildman–Crippen LogP) is 5.77. The number of thiazole rings is 1. The average Bonchev–Trinajstić information content (AvgIpc) is 3.43. The number of carbonyl (C=O) groups is 1. The first-order valence-corrected chi connectivity index (χ1v) is 16.8.